The molecule has 164 valence electrons. The summed E-state index contributed by atoms with van der Waals surface area (Å²) >= 11 is 0. The first-order valence-electron chi connectivity index (χ1n) is 10.6. The van der Waals surface area contributed by atoms with Crippen LogP contribution in [0.4, 0.5) is 0 Å². The molecule has 0 fully saturated rings. The quantitative estimate of drug-likeness (QED) is 0.335. The fourth-order valence-corrected chi connectivity index (χ4v) is 3.56. The summed E-state index contributed by atoms with van der Waals surface area (Å²) in [6.45, 7) is 4.37. The van der Waals surface area contributed by atoms with E-state index in [4.69, 9.17) is 14.2 Å². The lowest BCUT2D eigenvalue weighted by Crippen LogP contribution is -2.24. The van der Waals surface area contributed by atoms with Crippen LogP contribution in [-0.4, -0.2) is 17.6 Å². The van der Waals surface area contributed by atoms with Gasteiger partial charge in [-0.1, -0.05) is 56.5 Å². The minimum absolute atomic E-state index is 0.0732. The summed E-state index contributed by atoms with van der Waals surface area (Å²) in [5, 5.41) is 0.695. The van der Waals surface area contributed by atoms with Crippen molar-refractivity contribution in [2.24, 2.45) is 0 Å². The number of esters is 1. The maximum atomic E-state index is 13.2. The predicted octanol–water partition coefficient (Wildman–Crippen LogP) is 5.09. The summed E-state index contributed by atoms with van der Waals surface area (Å²) in [6, 6.07) is 15.4. The zero-order valence-electron chi connectivity index (χ0n) is 18.3. The molecule has 6 heteroatoms. The first-order valence-corrected chi connectivity index (χ1v) is 10.6. The average Bonchev–Trinajstić information content (AvgIpc) is 2.78. The first-order chi connectivity index (χ1) is 15.0. The smallest absolute Gasteiger partial charge is 0.308 e. The molecule has 0 bridgehead atoms. The van der Waals surface area contributed by atoms with Crippen LogP contribution in [0, 0.1) is 0 Å². The number of ether oxygens (including phenoxy) is 3. The SMILES string of the molecule is CCCCCCn1c(=O)c(OC(C)=O)c(OC)c2ccc(OCc3ccccc3)cc21. The van der Waals surface area contributed by atoms with Gasteiger partial charge in [-0.05, 0) is 24.1 Å². The van der Waals surface area contributed by atoms with Crippen LogP contribution in [0.1, 0.15) is 45.1 Å². The number of aromatic nitrogens is 1. The van der Waals surface area contributed by atoms with Crippen molar-refractivity contribution in [3.05, 3.63) is 64.4 Å². The highest BCUT2D eigenvalue weighted by Gasteiger charge is 2.21. The molecule has 0 saturated carbocycles. The minimum Gasteiger partial charge on any atom is -0.492 e. The fraction of sp³-hybridized carbons (Fsp3) is 0.360. The van der Waals surface area contributed by atoms with Gasteiger partial charge in [-0.25, -0.2) is 0 Å². The second-order valence-electron chi connectivity index (χ2n) is 7.43. The number of pyridine rings is 1. The first kappa shape index (κ1) is 22.4. The van der Waals surface area contributed by atoms with E-state index in [1.807, 2.05) is 48.5 Å². The van der Waals surface area contributed by atoms with Crippen LogP contribution in [0.2, 0.25) is 0 Å². The number of carbonyl (C=O) groups excluding carboxylic acids is 1. The molecule has 2 aromatic carbocycles. The second-order valence-corrected chi connectivity index (χ2v) is 7.43. The van der Waals surface area contributed by atoms with Gasteiger partial charge in [0.05, 0.1) is 12.6 Å². The average molecular weight is 424 g/mol. The van der Waals surface area contributed by atoms with Gasteiger partial charge >= 0.3 is 5.97 Å². The molecular formula is C25H29NO5. The minimum atomic E-state index is -0.560. The largest absolute Gasteiger partial charge is 0.492 e. The Hall–Kier alpha value is -3.28. The molecule has 0 aliphatic heterocycles. The molecule has 0 radical (unpaired) electrons. The Bertz CT molecular complexity index is 1090. The van der Waals surface area contributed by atoms with Gasteiger partial charge in [0.1, 0.15) is 12.4 Å². The number of rotatable bonds is 10. The van der Waals surface area contributed by atoms with E-state index in [-0.39, 0.29) is 17.1 Å². The number of hydrogen-bond acceptors (Lipinski definition) is 5. The normalized spacial score (nSPS) is 10.8. The second kappa shape index (κ2) is 10.7. The molecule has 0 aliphatic rings. The van der Waals surface area contributed by atoms with Crippen LogP contribution in [0.15, 0.2) is 53.3 Å². The number of hydrogen-bond donors (Lipinski definition) is 0. The van der Waals surface area contributed by atoms with Gasteiger partial charge in [0.25, 0.3) is 5.56 Å². The standard InChI is InChI=1S/C25H29NO5/c1-4-5-6-10-15-26-22-16-20(30-17-19-11-8-7-9-12-19)13-14-21(22)23(29-3)24(25(26)28)31-18(2)27/h7-9,11-14,16H,4-6,10,15,17H2,1-3H3. The topological polar surface area (TPSA) is 66.8 Å². The van der Waals surface area contributed by atoms with Crippen molar-refractivity contribution in [2.45, 2.75) is 52.7 Å². The Balaban J connectivity index is 2.04. The van der Waals surface area contributed by atoms with Crippen molar-refractivity contribution < 1.29 is 19.0 Å². The molecule has 0 N–H and O–H groups in total. The van der Waals surface area contributed by atoms with Crippen molar-refractivity contribution in [3.8, 4) is 17.2 Å². The van der Waals surface area contributed by atoms with Crippen LogP contribution in [0.25, 0.3) is 10.9 Å². The molecular weight excluding hydrogens is 394 g/mol. The molecule has 0 unspecified atom stereocenters. The van der Waals surface area contributed by atoms with E-state index in [0.29, 0.717) is 29.8 Å². The Morgan fingerprint density at radius 2 is 1.77 bits per heavy atom. The number of carbonyl (C=O) groups is 1. The number of methoxy groups -OCH3 is 1. The molecule has 3 aromatic rings. The van der Waals surface area contributed by atoms with E-state index in [1.165, 1.54) is 14.0 Å². The van der Waals surface area contributed by atoms with Crippen molar-refractivity contribution in [2.75, 3.05) is 7.11 Å². The van der Waals surface area contributed by atoms with Crippen LogP contribution in [0.5, 0.6) is 17.2 Å². The summed E-state index contributed by atoms with van der Waals surface area (Å²) in [5.41, 5.74) is 1.37. The molecule has 1 heterocycles. The van der Waals surface area contributed by atoms with E-state index < -0.39 is 5.97 Å². The van der Waals surface area contributed by atoms with Gasteiger partial charge in [-0.15, -0.1) is 0 Å². The molecule has 0 saturated heterocycles. The number of unbranched alkanes of at least 4 members (excludes halogenated alkanes) is 3. The van der Waals surface area contributed by atoms with Crippen molar-refractivity contribution in [1.82, 2.24) is 4.57 Å². The third-order valence-corrected chi connectivity index (χ3v) is 5.08. The molecule has 6 nitrogen and oxygen atoms in total. The molecule has 31 heavy (non-hydrogen) atoms. The highest BCUT2D eigenvalue weighted by atomic mass is 16.6. The molecule has 1 aromatic heterocycles. The number of benzene rings is 2. The number of aryl methyl sites for hydroxylation is 1. The zero-order chi connectivity index (χ0) is 22.2. The van der Waals surface area contributed by atoms with Gasteiger partial charge in [-0.3, -0.25) is 9.59 Å². The summed E-state index contributed by atoms with van der Waals surface area (Å²) < 4.78 is 18.3. The van der Waals surface area contributed by atoms with E-state index in [9.17, 15) is 9.59 Å². The Kier molecular flexibility index (Phi) is 7.70. The lowest BCUT2D eigenvalue weighted by atomic mass is 10.1. The predicted molar refractivity (Wildman–Crippen MR) is 121 cm³/mol. The molecule has 3 rings (SSSR count). The Labute approximate surface area is 182 Å². The van der Waals surface area contributed by atoms with Crippen LogP contribution >= 0.6 is 0 Å². The van der Waals surface area contributed by atoms with Crippen LogP contribution in [-0.2, 0) is 17.9 Å². The van der Waals surface area contributed by atoms with Crippen LogP contribution in [0.3, 0.4) is 0 Å². The Morgan fingerprint density at radius 3 is 2.45 bits per heavy atom. The summed E-state index contributed by atoms with van der Waals surface area (Å²) in [4.78, 5) is 24.8. The highest BCUT2D eigenvalue weighted by molar-refractivity contribution is 5.90. The van der Waals surface area contributed by atoms with Crippen LogP contribution < -0.4 is 19.8 Å². The lowest BCUT2D eigenvalue weighted by molar-refractivity contribution is -0.132. The van der Waals surface area contributed by atoms with E-state index in [2.05, 4.69) is 6.92 Å². The molecule has 0 aliphatic carbocycles. The zero-order valence-corrected chi connectivity index (χ0v) is 18.3. The number of fused-ring (bicyclic) bond motifs is 1. The monoisotopic (exact) mass is 423 g/mol. The molecule has 0 atom stereocenters. The lowest BCUT2D eigenvalue weighted by Gasteiger charge is -2.17. The van der Waals surface area contributed by atoms with Crippen molar-refractivity contribution >= 4 is 16.9 Å². The van der Waals surface area contributed by atoms with Gasteiger partial charge < -0.3 is 18.8 Å². The third kappa shape index (κ3) is 5.45. The van der Waals surface area contributed by atoms with Gasteiger partial charge in [0, 0.05) is 24.9 Å². The summed E-state index contributed by atoms with van der Waals surface area (Å²) in [5.74, 6) is 0.279. The van der Waals surface area contributed by atoms with E-state index in [0.717, 1.165) is 31.2 Å². The Morgan fingerprint density at radius 1 is 1.00 bits per heavy atom. The fourth-order valence-electron chi connectivity index (χ4n) is 3.56. The summed E-state index contributed by atoms with van der Waals surface area (Å²) in [7, 11) is 1.46. The van der Waals surface area contributed by atoms with Gasteiger partial charge in [-0.2, -0.15) is 0 Å². The van der Waals surface area contributed by atoms with Gasteiger partial charge in [0.15, 0.2) is 5.75 Å². The molecule has 0 spiro atoms. The van der Waals surface area contributed by atoms with Crippen molar-refractivity contribution in [3.63, 3.8) is 0 Å². The third-order valence-electron chi connectivity index (χ3n) is 5.08. The number of nitrogens with zero attached hydrogens (tertiary/aromatic N) is 1. The summed E-state index contributed by atoms with van der Waals surface area (Å²) in [6.07, 6.45) is 4.08. The maximum absolute atomic E-state index is 13.2. The van der Waals surface area contributed by atoms with E-state index >= 15 is 0 Å². The highest BCUT2D eigenvalue weighted by Crippen LogP contribution is 2.34. The van der Waals surface area contributed by atoms with E-state index in [1.54, 1.807) is 4.57 Å². The van der Waals surface area contributed by atoms with Crippen molar-refractivity contribution in [1.29, 1.82) is 0 Å². The molecule has 0 amide bonds. The van der Waals surface area contributed by atoms with Gasteiger partial charge in [0.2, 0.25) is 5.75 Å². The maximum Gasteiger partial charge on any atom is 0.308 e.